The lowest BCUT2D eigenvalue weighted by Crippen LogP contribution is -2.45. The van der Waals surface area contributed by atoms with E-state index in [9.17, 15) is 9.90 Å². The van der Waals surface area contributed by atoms with Gasteiger partial charge in [-0.3, -0.25) is 4.79 Å². The van der Waals surface area contributed by atoms with Crippen molar-refractivity contribution in [2.45, 2.75) is 37.8 Å². The maximum atomic E-state index is 11.6. The molecular weight excluding hydrogens is 180 g/mol. The number of nitrogens with zero attached hydrogens (tertiary/aromatic N) is 1. The normalized spacial score (nSPS) is 37.6. The van der Waals surface area contributed by atoms with Gasteiger partial charge >= 0.3 is 0 Å². The molecule has 1 saturated carbocycles. The van der Waals surface area contributed by atoms with Gasteiger partial charge in [-0.15, -0.1) is 0 Å². The number of aliphatic hydroxyl groups is 1. The summed E-state index contributed by atoms with van der Waals surface area (Å²) in [5, 5.41) is 9.88. The fourth-order valence-corrected chi connectivity index (χ4v) is 2.27. The number of carbonyl (C=O) groups excluding carboxylic acids is 1. The third kappa shape index (κ3) is 1.77. The molecule has 1 saturated heterocycles. The van der Waals surface area contributed by atoms with Crippen LogP contribution >= 0.6 is 0 Å². The van der Waals surface area contributed by atoms with Gasteiger partial charge in [0.2, 0.25) is 5.91 Å². The number of amides is 1. The van der Waals surface area contributed by atoms with Crippen molar-refractivity contribution in [2.24, 2.45) is 11.7 Å². The number of β-amino-alcohol motifs (C(OH)–C–C–N with tert-alkyl or cyclic N) is 1. The molecule has 80 valence electrons. The summed E-state index contributed by atoms with van der Waals surface area (Å²) in [7, 11) is 0. The van der Waals surface area contributed by atoms with Gasteiger partial charge in [-0.1, -0.05) is 0 Å². The van der Waals surface area contributed by atoms with Crippen molar-refractivity contribution in [2.75, 3.05) is 13.1 Å². The molecule has 2 rings (SSSR count). The fraction of sp³-hybridized carbons (Fsp3) is 0.900. The molecule has 1 aliphatic heterocycles. The quantitative estimate of drug-likeness (QED) is 0.640. The first-order valence-electron chi connectivity index (χ1n) is 5.27. The van der Waals surface area contributed by atoms with E-state index in [4.69, 9.17) is 5.73 Å². The average molecular weight is 198 g/mol. The smallest absolute Gasteiger partial charge is 0.224 e. The summed E-state index contributed by atoms with van der Waals surface area (Å²) in [5.74, 6) is 0.528. The second kappa shape index (κ2) is 3.21. The van der Waals surface area contributed by atoms with Crippen LogP contribution in [0.3, 0.4) is 0 Å². The Bertz CT molecular complexity index is 255. The second-order valence-electron chi connectivity index (χ2n) is 4.79. The van der Waals surface area contributed by atoms with Crippen LogP contribution in [0.2, 0.25) is 0 Å². The molecule has 3 atom stereocenters. The Morgan fingerprint density at radius 3 is 3.07 bits per heavy atom. The predicted octanol–water partition coefficient (Wildman–Crippen LogP) is -0.293. The number of fused-ring (bicyclic) bond motifs is 1. The number of carbonyl (C=O) groups is 1. The third-order valence-electron chi connectivity index (χ3n) is 3.26. The minimum Gasteiger partial charge on any atom is -0.388 e. The molecule has 1 heterocycles. The van der Waals surface area contributed by atoms with Gasteiger partial charge in [0.1, 0.15) is 0 Å². The summed E-state index contributed by atoms with van der Waals surface area (Å²) in [5.41, 5.74) is 5.02. The molecule has 1 amide bonds. The summed E-state index contributed by atoms with van der Waals surface area (Å²) in [6.07, 6.45) is 2.21. The Labute approximate surface area is 84.1 Å². The van der Waals surface area contributed by atoms with Gasteiger partial charge in [-0.2, -0.15) is 0 Å². The molecule has 0 aromatic rings. The molecular formula is C10H18N2O2. The maximum Gasteiger partial charge on any atom is 0.224 e. The molecule has 0 unspecified atom stereocenters. The summed E-state index contributed by atoms with van der Waals surface area (Å²) in [6, 6.07) is -0.0888. The molecule has 4 nitrogen and oxygen atoms in total. The zero-order valence-corrected chi connectivity index (χ0v) is 8.57. The first-order valence-corrected chi connectivity index (χ1v) is 5.27. The highest BCUT2D eigenvalue weighted by atomic mass is 16.3. The SMILES string of the molecule is C[C@@H](N)CC(=O)N1CC[C@@H]2C[C@]2(O)C1. The van der Waals surface area contributed by atoms with Crippen LogP contribution in [0.25, 0.3) is 0 Å². The lowest BCUT2D eigenvalue weighted by atomic mass is 10.1. The molecule has 2 fully saturated rings. The van der Waals surface area contributed by atoms with Crippen LogP contribution in [0, 0.1) is 5.92 Å². The molecule has 0 bridgehead atoms. The molecule has 3 N–H and O–H groups in total. The van der Waals surface area contributed by atoms with Crippen LogP contribution in [0.5, 0.6) is 0 Å². The first-order chi connectivity index (χ1) is 6.51. The largest absolute Gasteiger partial charge is 0.388 e. The van der Waals surface area contributed by atoms with E-state index >= 15 is 0 Å². The molecule has 2 aliphatic rings. The van der Waals surface area contributed by atoms with Gasteiger partial charge in [-0.25, -0.2) is 0 Å². The molecule has 14 heavy (non-hydrogen) atoms. The molecule has 0 aromatic carbocycles. The number of hydrogen-bond donors (Lipinski definition) is 2. The number of hydrogen-bond acceptors (Lipinski definition) is 3. The Kier molecular flexibility index (Phi) is 2.27. The Morgan fingerprint density at radius 1 is 1.79 bits per heavy atom. The van der Waals surface area contributed by atoms with Crippen molar-refractivity contribution in [3.05, 3.63) is 0 Å². The number of likely N-dealkylation sites (tertiary alicyclic amines) is 1. The van der Waals surface area contributed by atoms with Gasteiger partial charge in [0, 0.05) is 25.6 Å². The van der Waals surface area contributed by atoms with Crippen LogP contribution in [0.15, 0.2) is 0 Å². The number of rotatable bonds is 2. The van der Waals surface area contributed by atoms with Gasteiger partial charge < -0.3 is 15.7 Å². The van der Waals surface area contributed by atoms with E-state index in [0.717, 1.165) is 19.4 Å². The Morgan fingerprint density at radius 2 is 2.50 bits per heavy atom. The van der Waals surface area contributed by atoms with Crippen LogP contribution in [-0.2, 0) is 4.79 Å². The topological polar surface area (TPSA) is 66.6 Å². The van der Waals surface area contributed by atoms with Crippen molar-refractivity contribution in [1.29, 1.82) is 0 Å². The van der Waals surface area contributed by atoms with Crippen molar-refractivity contribution in [3.63, 3.8) is 0 Å². The van der Waals surface area contributed by atoms with Crippen LogP contribution in [0.1, 0.15) is 26.2 Å². The van der Waals surface area contributed by atoms with E-state index in [1.165, 1.54) is 0 Å². The van der Waals surface area contributed by atoms with Crippen molar-refractivity contribution < 1.29 is 9.90 Å². The van der Waals surface area contributed by atoms with Gasteiger partial charge in [-0.05, 0) is 25.7 Å². The molecule has 4 heteroatoms. The van der Waals surface area contributed by atoms with Gasteiger partial charge in [0.15, 0.2) is 0 Å². The van der Waals surface area contributed by atoms with Crippen LogP contribution in [-0.4, -0.2) is 40.6 Å². The van der Waals surface area contributed by atoms with E-state index in [1.54, 1.807) is 4.90 Å². The highest BCUT2D eigenvalue weighted by Gasteiger charge is 2.56. The zero-order chi connectivity index (χ0) is 10.3. The monoisotopic (exact) mass is 198 g/mol. The molecule has 0 radical (unpaired) electrons. The number of nitrogens with two attached hydrogens (primary N) is 1. The van der Waals surface area contributed by atoms with Crippen molar-refractivity contribution in [3.8, 4) is 0 Å². The Hall–Kier alpha value is -0.610. The molecule has 0 aromatic heterocycles. The summed E-state index contributed by atoms with van der Waals surface area (Å²) < 4.78 is 0. The van der Waals surface area contributed by atoms with Crippen LogP contribution in [0.4, 0.5) is 0 Å². The summed E-state index contributed by atoms with van der Waals surface area (Å²) in [4.78, 5) is 13.4. The summed E-state index contributed by atoms with van der Waals surface area (Å²) >= 11 is 0. The number of piperidine rings is 1. The zero-order valence-electron chi connectivity index (χ0n) is 8.57. The van der Waals surface area contributed by atoms with E-state index in [2.05, 4.69) is 0 Å². The van der Waals surface area contributed by atoms with Gasteiger partial charge in [0.25, 0.3) is 0 Å². The predicted molar refractivity (Wildman–Crippen MR) is 52.5 cm³/mol. The van der Waals surface area contributed by atoms with Gasteiger partial charge in [0.05, 0.1) is 5.60 Å². The highest BCUT2D eigenvalue weighted by molar-refractivity contribution is 5.77. The van der Waals surface area contributed by atoms with E-state index in [-0.39, 0.29) is 11.9 Å². The van der Waals surface area contributed by atoms with Crippen LogP contribution < -0.4 is 5.73 Å². The third-order valence-corrected chi connectivity index (χ3v) is 3.26. The van der Waals surface area contributed by atoms with E-state index in [0.29, 0.717) is 18.9 Å². The second-order valence-corrected chi connectivity index (χ2v) is 4.79. The van der Waals surface area contributed by atoms with Crippen molar-refractivity contribution >= 4 is 5.91 Å². The first kappa shape index (κ1) is 9.93. The minimum atomic E-state index is -0.550. The fourth-order valence-electron chi connectivity index (χ4n) is 2.27. The minimum absolute atomic E-state index is 0.0822. The molecule has 0 spiro atoms. The average Bonchev–Trinajstić information content (AvgIpc) is 2.73. The lowest BCUT2D eigenvalue weighted by molar-refractivity contribution is -0.135. The summed E-state index contributed by atoms with van der Waals surface area (Å²) in [6.45, 7) is 3.14. The van der Waals surface area contributed by atoms with E-state index in [1.807, 2.05) is 6.92 Å². The standard InChI is InChI=1S/C10H18N2O2/c1-7(11)4-9(13)12-3-2-8-5-10(8,14)6-12/h7-8,14H,2-6,11H2,1H3/t7-,8-,10+/m1/s1. The van der Waals surface area contributed by atoms with E-state index < -0.39 is 5.60 Å². The Balaban J connectivity index is 1.89. The lowest BCUT2D eigenvalue weighted by Gasteiger charge is -2.30. The highest BCUT2D eigenvalue weighted by Crippen LogP contribution is 2.49. The maximum absolute atomic E-state index is 11.6. The van der Waals surface area contributed by atoms with Crippen molar-refractivity contribution in [1.82, 2.24) is 4.90 Å². The molecule has 1 aliphatic carbocycles.